The lowest BCUT2D eigenvalue weighted by Gasteiger charge is -2.19. The van der Waals surface area contributed by atoms with Crippen LogP contribution in [0, 0.1) is 0 Å². The number of nitrogens with two attached hydrogens (primary N) is 1. The number of anilines is 1. The number of amides is 5. The minimum Gasteiger partial charge on any atom is -0.469 e. The molecule has 2 rings (SSSR count). The molecule has 1 aliphatic rings. The van der Waals surface area contributed by atoms with Crippen molar-refractivity contribution >= 4 is 41.9 Å². The molecule has 0 bridgehead atoms. The van der Waals surface area contributed by atoms with Gasteiger partial charge < -0.3 is 46.5 Å². The van der Waals surface area contributed by atoms with Gasteiger partial charge in [-0.15, -0.1) is 0 Å². The van der Waals surface area contributed by atoms with Crippen molar-refractivity contribution in [2.24, 2.45) is 5.73 Å². The molecule has 1 unspecified atom stereocenters. The summed E-state index contributed by atoms with van der Waals surface area (Å²) in [4.78, 5) is 67.6. The average molecular weight is 729 g/mol. The molecule has 51 heavy (non-hydrogen) atoms. The van der Waals surface area contributed by atoms with Gasteiger partial charge in [0.25, 0.3) is 6.47 Å². The standard InChI is InChI=1S/C22H33N5O7.C4H9N.C3H6O2.C3H8.2C2H6/c1-2-11-33-12-9-19(29)25-13-20(30)27-18(4-3-10-24-22(23)32)21(31)26-17-7-5-16(6-8-17)14-34-15-28;1-2-4-5-3-1;1-3(4)5-2;1-3-2;2*1-2/h5-8,15,18H,2-4,9-14H2,1H3,(H,25,29)(H,26,31)(H,27,30)(H3,23,24,32);5H,1-4H2;1-2H3;3H2,1-2H3;2*1-2H3. The molecule has 0 saturated carbocycles. The molecule has 1 aromatic rings. The first-order valence-corrected chi connectivity index (χ1v) is 17.9. The normalized spacial score (nSPS) is 11.0. The number of benzene rings is 1. The highest BCUT2D eigenvalue weighted by molar-refractivity contribution is 5.97. The average Bonchev–Trinajstić information content (AvgIpc) is 3.73. The van der Waals surface area contributed by atoms with Crippen molar-refractivity contribution < 1.29 is 43.0 Å². The zero-order valence-corrected chi connectivity index (χ0v) is 32.6. The van der Waals surface area contributed by atoms with Crippen LogP contribution in [0.1, 0.15) is 106 Å². The quantitative estimate of drug-likeness (QED) is 0.0764. The molecule has 5 amide bonds. The molecule has 0 aromatic heterocycles. The number of methoxy groups -OCH3 is 1. The monoisotopic (exact) mass is 729 g/mol. The summed E-state index contributed by atoms with van der Waals surface area (Å²) >= 11 is 0. The van der Waals surface area contributed by atoms with Gasteiger partial charge in [-0.1, -0.05) is 67.0 Å². The van der Waals surface area contributed by atoms with E-state index in [1.165, 1.54) is 46.4 Å². The number of esters is 1. The Morgan fingerprint density at radius 3 is 1.94 bits per heavy atom. The summed E-state index contributed by atoms with van der Waals surface area (Å²) in [6, 6.07) is 5.04. The molecule has 0 aliphatic carbocycles. The summed E-state index contributed by atoms with van der Waals surface area (Å²) < 4.78 is 14.0. The first-order chi connectivity index (χ1) is 24.5. The van der Waals surface area contributed by atoms with Crippen LogP contribution >= 0.6 is 0 Å². The van der Waals surface area contributed by atoms with Gasteiger partial charge in [0.1, 0.15) is 12.6 Å². The summed E-state index contributed by atoms with van der Waals surface area (Å²) in [6.07, 6.45) is 5.61. The second kappa shape index (κ2) is 41.9. The van der Waals surface area contributed by atoms with Crippen molar-refractivity contribution in [3.63, 3.8) is 0 Å². The third-order valence-electron chi connectivity index (χ3n) is 5.67. The Morgan fingerprint density at radius 1 is 0.922 bits per heavy atom. The number of primary amides is 1. The number of hydrogen-bond donors (Lipinski definition) is 6. The van der Waals surface area contributed by atoms with Crippen molar-refractivity contribution in [1.29, 1.82) is 0 Å². The second-order valence-corrected chi connectivity index (χ2v) is 10.1. The van der Waals surface area contributed by atoms with Crippen molar-refractivity contribution in [2.45, 2.75) is 113 Å². The summed E-state index contributed by atoms with van der Waals surface area (Å²) in [7, 11) is 1.35. The number of rotatable bonds is 17. The van der Waals surface area contributed by atoms with Crippen molar-refractivity contribution in [3.05, 3.63) is 29.8 Å². The fraction of sp³-hybridized carbons (Fsp3) is 0.667. The van der Waals surface area contributed by atoms with Crippen LogP contribution in [0.5, 0.6) is 0 Å². The molecule has 296 valence electrons. The topological polar surface area (TPSA) is 216 Å². The molecule has 0 spiro atoms. The van der Waals surface area contributed by atoms with E-state index in [2.05, 4.69) is 49.9 Å². The Hall–Kier alpha value is -4.24. The van der Waals surface area contributed by atoms with Gasteiger partial charge >= 0.3 is 12.0 Å². The van der Waals surface area contributed by atoms with Crippen LogP contribution in [-0.2, 0) is 44.8 Å². The smallest absolute Gasteiger partial charge is 0.312 e. The number of carbonyl (C=O) groups excluding carboxylic acids is 6. The largest absolute Gasteiger partial charge is 0.469 e. The Morgan fingerprint density at radius 2 is 1.49 bits per heavy atom. The zero-order valence-electron chi connectivity index (χ0n) is 32.6. The molecule has 15 nitrogen and oxygen atoms in total. The summed E-state index contributed by atoms with van der Waals surface area (Å²) in [5.41, 5.74) is 6.26. The molecule has 1 aliphatic heterocycles. The van der Waals surface area contributed by atoms with Gasteiger partial charge in [0.15, 0.2) is 0 Å². The van der Waals surface area contributed by atoms with E-state index in [4.69, 9.17) is 10.5 Å². The lowest BCUT2D eigenvalue weighted by atomic mass is 10.1. The lowest BCUT2D eigenvalue weighted by molar-refractivity contribution is -0.138. The molecule has 1 saturated heterocycles. The van der Waals surface area contributed by atoms with E-state index >= 15 is 0 Å². The Kier molecular flexibility index (Phi) is 44.0. The maximum absolute atomic E-state index is 12.8. The van der Waals surface area contributed by atoms with E-state index < -0.39 is 23.9 Å². The van der Waals surface area contributed by atoms with Crippen LogP contribution in [0.25, 0.3) is 0 Å². The first-order valence-electron chi connectivity index (χ1n) is 17.9. The zero-order chi connectivity index (χ0) is 39.7. The number of hydrogen-bond acceptors (Lipinski definition) is 10. The molecule has 1 aromatic carbocycles. The van der Waals surface area contributed by atoms with Gasteiger partial charge in [-0.05, 0) is 62.9 Å². The Balaban J connectivity index is -0.000000535. The predicted molar refractivity (Wildman–Crippen MR) is 202 cm³/mol. The van der Waals surface area contributed by atoms with E-state index in [0.29, 0.717) is 25.2 Å². The fourth-order valence-electron chi connectivity index (χ4n) is 3.38. The van der Waals surface area contributed by atoms with Gasteiger partial charge in [0, 0.05) is 32.2 Å². The molecule has 1 atom stereocenters. The molecule has 1 fully saturated rings. The minimum atomic E-state index is -0.912. The van der Waals surface area contributed by atoms with E-state index in [9.17, 15) is 28.8 Å². The number of ether oxygens (including phenoxy) is 3. The fourth-order valence-corrected chi connectivity index (χ4v) is 3.38. The Bertz CT molecular complexity index is 1000. The number of urea groups is 1. The molecule has 7 N–H and O–H groups in total. The van der Waals surface area contributed by atoms with Gasteiger partial charge in [-0.2, -0.15) is 0 Å². The summed E-state index contributed by atoms with van der Waals surface area (Å²) in [5, 5.41) is 13.4. The highest BCUT2D eigenvalue weighted by Crippen LogP contribution is 2.11. The van der Waals surface area contributed by atoms with E-state index in [1.807, 2.05) is 34.6 Å². The molecular formula is C36H68N6O9. The maximum Gasteiger partial charge on any atom is 0.312 e. The van der Waals surface area contributed by atoms with Gasteiger partial charge in [-0.3, -0.25) is 24.0 Å². The predicted octanol–water partition coefficient (Wildman–Crippen LogP) is 4.18. The SMILES string of the molecule is C1CCNC1.CC.CC.CCC.CCCOCCC(=O)NCC(=O)NC(CCCNC(N)=O)C(=O)Nc1ccc(COC=O)cc1.COC(C)=O. The van der Waals surface area contributed by atoms with Crippen LogP contribution in [0.2, 0.25) is 0 Å². The van der Waals surface area contributed by atoms with E-state index in [0.717, 1.165) is 12.0 Å². The van der Waals surface area contributed by atoms with Crippen LogP contribution in [0.15, 0.2) is 24.3 Å². The highest BCUT2D eigenvalue weighted by atomic mass is 16.5. The van der Waals surface area contributed by atoms with Gasteiger partial charge in [0.05, 0.1) is 20.3 Å². The van der Waals surface area contributed by atoms with Gasteiger partial charge in [0.2, 0.25) is 17.7 Å². The third-order valence-corrected chi connectivity index (χ3v) is 5.67. The highest BCUT2D eigenvalue weighted by Gasteiger charge is 2.21. The van der Waals surface area contributed by atoms with Crippen molar-refractivity contribution in [3.8, 4) is 0 Å². The molecule has 15 heteroatoms. The lowest BCUT2D eigenvalue weighted by Crippen LogP contribution is -2.47. The second-order valence-electron chi connectivity index (χ2n) is 10.1. The summed E-state index contributed by atoms with van der Waals surface area (Å²) in [5.74, 6) is -1.59. The summed E-state index contributed by atoms with van der Waals surface area (Å²) in [6.45, 7) is 19.3. The third kappa shape index (κ3) is 40.1. The van der Waals surface area contributed by atoms with Crippen LogP contribution < -0.4 is 32.3 Å². The number of carbonyl (C=O) groups is 6. The van der Waals surface area contributed by atoms with E-state index in [1.54, 1.807) is 24.3 Å². The van der Waals surface area contributed by atoms with Crippen molar-refractivity contribution in [1.82, 2.24) is 21.3 Å². The first kappa shape index (κ1) is 53.6. The molecule has 1 heterocycles. The number of nitrogens with one attached hydrogen (secondary N) is 5. The van der Waals surface area contributed by atoms with Crippen LogP contribution in [0.4, 0.5) is 10.5 Å². The van der Waals surface area contributed by atoms with Crippen LogP contribution in [0.3, 0.4) is 0 Å². The Labute approximate surface area is 306 Å². The van der Waals surface area contributed by atoms with Crippen LogP contribution in [-0.4, -0.2) is 88.7 Å². The molecular weight excluding hydrogens is 660 g/mol. The van der Waals surface area contributed by atoms with E-state index in [-0.39, 0.29) is 51.0 Å². The van der Waals surface area contributed by atoms with Gasteiger partial charge in [-0.25, -0.2) is 4.79 Å². The minimum absolute atomic E-state index is 0.111. The molecule has 0 radical (unpaired) electrons. The van der Waals surface area contributed by atoms with Crippen molar-refractivity contribution in [2.75, 3.05) is 51.8 Å². The maximum atomic E-state index is 12.8.